The summed E-state index contributed by atoms with van der Waals surface area (Å²) in [5.74, 6) is 1.75. The smallest absolute Gasteiger partial charge is 0.189 e. The number of thioether (sulfide) groups is 1. The summed E-state index contributed by atoms with van der Waals surface area (Å²) in [6, 6.07) is 14.2. The van der Waals surface area contributed by atoms with E-state index >= 15 is 0 Å². The fraction of sp³-hybridized carbons (Fsp3) is 0.125. The Morgan fingerprint density at radius 1 is 1.14 bits per heavy atom. The fourth-order valence-electron chi connectivity index (χ4n) is 1.90. The number of nitrogens with one attached hydrogen (secondary N) is 2. The third kappa shape index (κ3) is 3.99. The summed E-state index contributed by atoms with van der Waals surface area (Å²) >= 11 is 3.43. The number of aromatic nitrogens is 2. The topological polar surface area (TPSA) is 49.8 Å². The monoisotopic (exact) mass is 328 g/mol. The van der Waals surface area contributed by atoms with Gasteiger partial charge in [0.15, 0.2) is 5.13 Å². The lowest BCUT2D eigenvalue weighted by atomic mass is 10.2. The van der Waals surface area contributed by atoms with E-state index in [0.717, 1.165) is 22.4 Å². The van der Waals surface area contributed by atoms with Gasteiger partial charge in [-0.05, 0) is 29.8 Å². The molecule has 0 aliphatic carbocycles. The molecule has 2 aromatic heterocycles. The van der Waals surface area contributed by atoms with Crippen LogP contribution >= 0.6 is 23.1 Å². The Labute approximate surface area is 138 Å². The van der Waals surface area contributed by atoms with Gasteiger partial charge in [-0.25, -0.2) is 9.97 Å². The first kappa shape index (κ1) is 14.9. The highest BCUT2D eigenvalue weighted by Crippen LogP contribution is 2.32. The van der Waals surface area contributed by atoms with Gasteiger partial charge in [0.2, 0.25) is 0 Å². The van der Waals surface area contributed by atoms with Gasteiger partial charge in [0.1, 0.15) is 5.82 Å². The highest BCUT2D eigenvalue weighted by molar-refractivity contribution is 8.00. The Balaban J connectivity index is 1.59. The molecule has 0 saturated heterocycles. The lowest BCUT2D eigenvalue weighted by molar-refractivity contribution is 1.28. The maximum atomic E-state index is 4.39. The van der Waals surface area contributed by atoms with Gasteiger partial charge >= 0.3 is 0 Å². The van der Waals surface area contributed by atoms with Crippen LogP contribution in [0.1, 0.15) is 5.56 Å². The largest absolute Gasteiger partial charge is 0.388 e. The normalized spacial score (nSPS) is 10.4. The summed E-state index contributed by atoms with van der Waals surface area (Å²) in [4.78, 5) is 8.63. The van der Waals surface area contributed by atoms with Gasteiger partial charge in [-0.2, -0.15) is 0 Å². The number of hydrogen-bond donors (Lipinski definition) is 2. The molecule has 4 nitrogen and oxygen atoms in total. The van der Waals surface area contributed by atoms with Crippen molar-refractivity contribution in [2.75, 3.05) is 17.7 Å². The minimum Gasteiger partial charge on any atom is -0.388 e. The molecule has 112 valence electrons. The molecule has 0 aliphatic rings. The molecule has 3 rings (SSSR count). The molecule has 2 N–H and O–H groups in total. The first-order valence-corrected chi connectivity index (χ1v) is 8.67. The number of thiazole rings is 1. The van der Waals surface area contributed by atoms with Crippen molar-refractivity contribution in [2.45, 2.75) is 9.96 Å². The van der Waals surface area contributed by atoms with E-state index in [-0.39, 0.29) is 0 Å². The zero-order valence-corrected chi connectivity index (χ0v) is 13.7. The van der Waals surface area contributed by atoms with Crippen molar-refractivity contribution in [1.82, 2.24) is 9.97 Å². The number of pyridine rings is 1. The third-order valence-electron chi connectivity index (χ3n) is 2.98. The van der Waals surface area contributed by atoms with Crippen molar-refractivity contribution in [1.29, 1.82) is 0 Å². The van der Waals surface area contributed by atoms with Crippen molar-refractivity contribution in [3.63, 3.8) is 0 Å². The van der Waals surface area contributed by atoms with E-state index in [2.05, 4.69) is 44.9 Å². The van der Waals surface area contributed by atoms with Crippen LogP contribution in [0.15, 0.2) is 59.1 Å². The number of rotatable bonds is 6. The maximum absolute atomic E-state index is 4.39. The Morgan fingerprint density at radius 3 is 2.91 bits per heavy atom. The number of benzene rings is 1. The molecule has 0 amide bonds. The van der Waals surface area contributed by atoms with Crippen molar-refractivity contribution in [2.24, 2.45) is 0 Å². The average Bonchev–Trinajstić information content (AvgIpc) is 3.01. The molecule has 6 heteroatoms. The van der Waals surface area contributed by atoms with Crippen LogP contribution in [0, 0.1) is 0 Å². The lowest BCUT2D eigenvalue weighted by Gasteiger charge is -2.03. The van der Waals surface area contributed by atoms with Crippen LogP contribution in [0.3, 0.4) is 0 Å². The van der Waals surface area contributed by atoms with E-state index in [4.69, 9.17) is 0 Å². The Bertz CT molecular complexity index is 728. The van der Waals surface area contributed by atoms with Gasteiger partial charge < -0.3 is 10.6 Å². The average molecular weight is 328 g/mol. The quantitative estimate of drug-likeness (QED) is 0.647. The summed E-state index contributed by atoms with van der Waals surface area (Å²) in [5, 5.41) is 7.24. The molecule has 0 spiro atoms. The summed E-state index contributed by atoms with van der Waals surface area (Å²) in [5.41, 5.74) is 2.43. The second kappa shape index (κ2) is 7.29. The van der Waals surface area contributed by atoms with E-state index in [1.165, 1.54) is 9.77 Å². The molecule has 0 bridgehead atoms. The molecule has 2 heterocycles. The highest BCUT2D eigenvalue weighted by Gasteiger charge is 2.04. The van der Waals surface area contributed by atoms with Crippen molar-refractivity contribution in [3.05, 3.63) is 60.4 Å². The van der Waals surface area contributed by atoms with Gasteiger partial charge in [-0.3, -0.25) is 0 Å². The Hall–Kier alpha value is -2.05. The van der Waals surface area contributed by atoms with Crippen LogP contribution in [0.2, 0.25) is 0 Å². The minimum absolute atomic E-state index is 0.815. The van der Waals surface area contributed by atoms with Crippen LogP contribution in [0.25, 0.3) is 0 Å². The summed E-state index contributed by atoms with van der Waals surface area (Å²) in [6.45, 7) is 0. The van der Waals surface area contributed by atoms with E-state index < -0.39 is 0 Å². The molecule has 1 aromatic carbocycles. The second-order valence-electron chi connectivity index (χ2n) is 4.56. The van der Waals surface area contributed by atoms with Crippen LogP contribution < -0.4 is 10.6 Å². The van der Waals surface area contributed by atoms with Gasteiger partial charge in [-0.15, -0.1) is 11.8 Å². The van der Waals surface area contributed by atoms with E-state index in [9.17, 15) is 0 Å². The number of hydrogen-bond acceptors (Lipinski definition) is 6. The van der Waals surface area contributed by atoms with Crippen molar-refractivity contribution in [3.8, 4) is 0 Å². The minimum atomic E-state index is 0.815. The van der Waals surface area contributed by atoms with E-state index in [1.807, 2.05) is 31.4 Å². The number of anilines is 3. The fourth-order valence-corrected chi connectivity index (χ4v) is 3.72. The van der Waals surface area contributed by atoms with Crippen LogP contribution in [0.4, 0.5) is 16.6 Å². The Morgan fingerprint density at radius 2 is 2.09 bits per heavy atom. The maximum Gasteiger partial charge on any atom is 0.189 e. The van der Waals surface area contributed by atoms with Gasteiger partial charge in [0.25, 0.3) is 0 Å². The summed E-state index contributed by atoms with van der Waals surface area (Å²) in [6.07, 6.45) is 3.67. The van der Waals surface area contributed by atoms with E-state index in [0.29, 0.717) is 0 Å². The zero-order chi connectivity index (χ0) is 15.2. The Kier molecular flexibility index (Phi) is 4.92. The first-order valence-electron chi connectivity index (χ1n) is 6.87. The zero-order valence-electron chi connectivity index (χ0n) is 12.1. The molecule has 0 saturated carbocycles. The predicted octanol–water partition coefficient (Wildman–Crippen LogP) is 4.62. The standard InChI is InChI=1S/C16H16N4S2/c1-17-13-6-4-5-12(9-13)11-21-15-10-19-16(22-15)20-14-7-2-3-8-18-14/h2-10,17H,11H2,1H3,(H,18,19,20). The van der Waals surface area contributed by atoms with Crippen LogP contribution in [-0.4, -0.2) is 17.0 Å². The lowest BCUT2D eigenvalue weighted by Crippen LogP contribution is -1.90. The first-order chi connectivity index (χ1) is 10.8. The van der Waals surface area contributed by atoms with Crippen molar-refractivity contribution < 1.29 is 0 Å². The number of nitrogens with zero attached hydrogens (tertiary/aromatic N) is 2. The van der Waals surface area contributed by atoms with Crippen LogP contribution in [0.5, 0.6) is 0 Å². The molecule has 3 aromatic rings. The predicted molar refractivity (Wildman–Crippen MR) is 95.2 cm³/mol. The summed E-state index contributed by atoms with van der Waals surface area (Å²) < 4.78 is 1.19. The van der Waals surface area contributed by atoms with Crippen molar-refractivity contribution >= 4 is 39.7 Å². The molecule has 22 heavy (non-hydrogen) atoms. The molecule has 0 atom stereocenters. The molecule has 0 aliphatic heterocycles. The van der Waals surface area contributed by atoms with E-state index in [1.54, 1.807) is 29.3 Å². The SMILES string of the molecule is CNc1cccc(CSc2cnc(Nc3ccccn3)s2)c1. The molecular formula is C16H16N4S2. The third-order valence-corrected chi connectivity index (χ3v) is 5.16. The second-order valence-corrected chi connectivity index (χ2v) is 6.87. The van der Waals surface area contributed by atoms with Gasteiger partial charge in [0, 0.05) is 24.7 Å². The molecule has 0 unspecified atom stereocenters. The molecule has 0 radical (unpaired) electrons. The molecule has 0 fully saturated rings. The highest BCUT2D eigenvalue weighted by atomic mass is 32.2. The summed E-state index contributed by atoms with van der Waals surface area (Å²) in [7, 11) is 1.94. The van der Waals surface area contributed by atoms with Crippen LogP contribution in [-0.2, 0) is 5.75 Å². The van der Waals surface area contributed by atoms with Gasteiger partial charge in [0.05, 0.1) is 10.4 Å². The molecular weight excluding hydrogens is 312 g/mol. The van der Waals surface area contributed by atoms with Gasteiger partial charge in [-0.1, -0.05) is 29.5 Å².